The van der Waals surface area contributed by atoms with Gasteiger partial charge in [-0.1, -0.05) is 18.2 Å². The monoisotopic (exact) mass is 225 g/mol. The first-order valence-electron chi connectivity index (χ1n) is 5.62. The minimum absolute atomic E-state index is 0.129. The Morgan fingerprint density at radius 3 is 2.56 bits per heavy atom. The molecular weight excluding hydrogens is 205 g/mol. The van der Waals surface area contributed by atoms with Crippen LogP contribution in [0.4, 0.5) is 4.39 Å². The van der Waals surface area contributed by atoms with Crippen molar-refractivity contribution in [1.82, 2.24) is 5.32 Å². The topological polar surface area (TPSA) is 21.3 Å². The van der Waals surface area contributed by atoms with Gasteiger partial charge in [-0.2, -0.15) is 0 Å². The van der Waals surface area contributed by atoms with Gasteiger partial charge in [-0.15, -0.1) is 0 Å². The Balaban J connectivity index is 2.45. The van der Waals surface area contributed by atoms with E-state index in [-0.39, 0.29) is 17.9 Å². The lowest BCUT2D eigenvalue weighted by Gasteiger charge is -2.19. The quantitative estimate of drug-likeness (QED) is 0.802. The van der Waals surface area contributed by atoms with Crippen LogP contribution < -0.4 is 5.32 Å². The maximum Gasteiger partial charge on any atom is 0.126 e. The molecule has 0 aliphatic rings. The molecule has 0 saturated heterocycles. The van der Waals surface area contributed by atoms with Crippen molar-refractivity contribution in [2.75, 3.05) is 13.7 Å². The smallest absolute Gasteiger partial charge is 0.126 e. The van der Waals surface area contributed by atoms with Gasteiger partial charge in [-0.05, 0) is 31.9 Å². The van der Waals surface area contributed by atoms with E-state index in [2.05, 4.69) is 19.2 Å². The first kappa shape index (κ1) is 13.1. The van der Waals surface area contributed by atoms with Crippen LogP contribution in [0.25, 0.3) is 0 Å². The highest BCUT2D eigenvalue weighted by Gasteiger charge is 2.09. The molecule has 0 fully saturated rings. The Morgan fingerprint density at radius 1 is 1.25 bits per heavy atom. The van der Waals surface area contributed by atoms with Crippen molar-refractivity contribution < 1.29 is 9.13 Å². The average Bonchev–Trinajstić information content (AvgIpc) is 2.21. The average molecular weight is 225 g/mol. The standard InChI is InChI=1S/C13H20FNO/c1-10(15-11(2)9-16-3)8-12-6-4-5-7-13(12)14/h4-7,10-11,15H,8-9H2,1-3H3/t10-,11-/m0/s1. The Hall–Kier alpha value is -0.930. The van der Waals surface area contributed by atoms with Gasteiger partial charge >= 0.3 is 0 Å². The van der Waals surface area contributed by atoms with E-state index >= 15 is 0 Å². The van der Waals surface area contributed by atoms with Crippen LogP contribution in [-0.4, -0.2) is 25.8 Å². The lowest BCUT2D eigenvalue weighted by Crippen LogP contribution is -2.38. The highest BCUT2D eigenvalue weighted by molar-refractivity contribution is 5.18. The van der Waals surface area contributed by atoms with Crippen LogP contribution in [0.15, 0.2) is 24.3 Å². The van der Waals surface area contributed by atoms with Crippen LogP contribution in [0.1, 0.15) is 19.4 Å². The minimum atomic E-state index is -0.129. The molecule has 0 aromatic heterocycles. The molecule has 0 unspecified atom stereocenters. The van der Waals surface area contributed by atoms with E-state index in [0.29, 0.717) is 13.0 Å². The number of methoxy groups -OCH3 is 1. The summed E-state index contributed by atoms with van der Waals surface area (Å²) in [6.45, 7) is 4.78. The summed E-state index contributed by atoms with van der Waals surface area (Å²) in [5.74, 6) is -0.129. The minimum Gasteiger partial charge on any atom is -0.383 e. The molecule has 2 nitrogen and oxygen atoms in total. The third kappa shape index (κ3) is 4.29. The van der Waals surface area contributed by atoms with Crippen molar-refractivity contribution in [3.63, 3.8) is 0 Å². The fourth-order valence-corrected chi connectivity index (χ4v) is 1.84. The molecule has 1 rings (SSSR count). The molecular formula is C13H20FNO. The molecule has 0 bridgehead atoms. The normalized spacial score (nSPS) is 14.8. The number of hydrogen-bond acceptors (Lipinski definition) is 2. The Kier molecular flexibility index (Phi) is 5.43. The number of halogens is 1. The molecule has 1 aromatic rings. The summed E-state index contributed by atoms with van der Waals surface area (Å²) < 4.78 is 18.4. The van der Waals surface area contributed by atoms with Crippen LogP contribution in [0.3, 0.4) is 0 Å². The van der Waals surface area contributed by atoms with Crippen LogP contribution in [0.5, 0.6) is 0 Å². The second kappa shape index (κ2) is 6.61. The molecule has 0 amide bonds. The molecule has 3 heteroatoms. The third-order valence-corrected chi connectivity index (χ3v) is 2.47. The maximum absolute atomic E-state index is 13.4. The first-order valence-corrected chi connectivity index (χ1v) is 5.62. The fourth-order valence-electron chi connectivity index (χ4n) is 1.84. The zero-order chi connectivity index (χ0) is 12.0. The van der Waals surface area contributed by atoms with Crippen molar-refractivity contribution in [3.05, 3.63) is 35.6 Å². The van der Waals surface area contributed by atoms with E-state index in [1.54, 1.807) is 13.2 Å². The van der Waals surface area contributed by atoms with Gasteiger partial charge in [0.15, 0.2) is 0 Å². The van der Waals surface area contributed by atoms with Crippen molar-refractivity contribution in [1.29, 1.82) is 0 Å². The van der Waals surface area contributed by atoms with E-state index in [4.69, 9.17) is 4.74 Å². The number of nitrogens with one attached hydrogen (secondary N) is 1. The van der Waals surface area contributed by atoms with Crippen LogP contribution in [0, 0.1) is 5.82 Å². The number of rotatable bonds is 6. The largest absolute Gasteiger partial charge is 0.383 e. The van der Waals surface area contributed by atoms with Crippen molar-refractivity contribution in [2.45, 2.75) is 32.4 Å². The molecule has 2 atom stereocenters. The molecule has 0 heterocycles. The van der Waals surface area contributed by atoms with Crippen LogP contribution >= 0.6 is 0 Å². The summed E-state index contributed by atoms with van der Waals surface area (Å²) in [6.07, 6.45) is 0.695. The lowest BCUT2D eigenvalue weighted by atomic mass is 10.1. The summed E-state index contributed by atoms with van der Waals surface area (Å²) in [5.41, 5.74) is 0.757. The number of ether oxygens (including phenoxy) is 1. The van der Waals surface area contributed by atoms with E-state index < -0.39 is 0 Å². The van der Waals surface area contributed by atoms with Gasteiger partial charge in [-0.3, -0.25) is 0 Å². The van der Waals surface area contributed by atoms with Crippen LogP contribution in [-0.2, 0) is 11.2 Å². The van der Waals surface area contributed by atoms with Gasteiger partial charge < -0.3 is 10.1 Å². The van der Waals surface area contributed by atoms with Crippen molar-refractivity contribution >= 4 is 0 Å². The molecule has 90 valence electrons. The van der Waals surface area contributed by atoms with E-state index in [0.717, 1.165) is 5.56 Å². The molecule has 16 heavy (non-hydrogen) atoms. The Labute approximate surface area is 96.8 Å². The van der Waals surface area contributed by atoms with E-state index in [1.165, 1.54) is 6.07 Å². The van der Waals surface area contributed by atoms with Gasteiger partial charge in [0.05, 0.1) is 6.61 Å². The first-order chi connectivity index (χ1) is 7.63. The van der Waals surface area contributed by atoms with E-state index in [9.17, 15) is 4.39 Å². The van der Waals surface area contributed by atoms with Crippen molar-refractivity contribution in [3.8, 4) is 0 Å². The summed E-state index contributed by atoms with van der Waals surface area (Å²) >= 11 is 0. The molecule has 0 aliphatic heterocycles. The molecule has 1 N–H and O–H groups in total. The molecule has 0 spiro atoms. The maximum atomic E-state index is 13.4. The van der Waals surface area contributed by atoms with Gasteiger partial charge in [0.25, 0.3) is 0 Å². The predicted octanol–water partition coefficient (Wildman–Crippen LogP) is 2.38. The molecule has 0 aliphatic carbocycles. The van der Waals surface area contributed by atoms with Gasteiger partial charge in [0.1, 0.15) is 5.82 Å². The van der Waals surface area contributed by atoms with Gasteiger partial charge in [-0.25, -0.2) is 4.39 Å². The van der Waals surface area contributed by atoms with Gasteiger partial charge in [0.2, 0.25) is 0 Å². The second-order valence-electron chi connectivity index (χ2n) is 4.22. The SMILES string of the molecule is COC[C@H](C)N[C@@H](C)Cc1ccccc1F. The van der Waals surface area contributed by atoms with E-state index in [1.807, 2.05) is 12.1 Å². The van der Waals surface area contributed by atoms with Crippen molar-refractivity contribution in [2.24, 2.45) is 0 Å². The molecule has 1 aromatic carbocycles. The molecule has 0 saturated carbocycles. The van der Waals surface area contributed by atoms with Crippen LogP contribution in [0.2, 0.25) is 0 Å². The number of hydrogen-bond donors (Lipinski definition) is 1. The Bertz CT molecular complexity index is 317. The lowest BCUT2D eigenvalue weighted by molar-refractivity contribution is 0.167. The second-order valence-corrected chi connectivity index (χ2v) is 4.22. The fraction of sp³-hybridized carbons (Fsp3) is 0.538. The predicted molar refractivity (Wildman–Crippen MR) is 64.0 cm³/mol. The zero-order valence-corrected chi connectivity index (χ0v) is 10.2. The summed E-state index contributed by atoms with van der Waals surface area (Å²) in [5, 5.41) is 3.36. The summed E-state index contributed by atoms with van der Waals surface area (Å²) in [4.78, 5) is 0. The third-order valence-electron chi connectivity index (χ3n) is 2.47. The highest BCUT2D eigenvalue weighted by atomic mass is 19.1. The Morgan fingerprint density at radius 2 is 1.94 bits per heavy atom. The van der Waals surface area contributed by atoms with Gasteiger partial charge in [0, 0.05) is 19.2 Å². The summed E-state index contributed by atoms with van der Waals surface area (Å²) in [6, 6.07) is 7.43. The summed E-state index contributed by atoms with van der Waals surface area (Å²) in [7, 11) is 1.68. The number of benzene rings is 1. The molecule has 0 radical (unpaired) electrons. The highest BCUT2D eigenvalue weighted by Crippen LogP contribution is 2.09. The zero-order valence-electron chi connectivity index (χ0n) is 10.2.